The van der Waals surface area contributed by atoms with Gasteiger partial charge in [0.25, 0.3) is 11.6 Å². The van der Waals surface area contributed by atoms with Crippen LogP contribution in [0.25, 0.3) is 11.1 Å². The number of hydrogen-bond acceptors (Lipinski definition) is 5. The third-order valence-corrected chi connectivity index (χ3v) is 5.40. The Labute approximate surface area is 183 Å². The van der Waals surface area contributed by atoms with Crippen LogP contribution in [0.2, 0.25) is 0 Å². The number of fused-ring (bicyclic) bond motifs is 1. The van der Waals surface area contributed by atoms with E-state index < -0.39 is 0 Å². The Hall–Kier alpha value is -2.44. The Morgan fingerprint density at radius 1 is 1.27 bits per heavy atom. The topological polar surface area (TPSA) is 85.2 Å². The predicted molar refractivity (Wildman–Crippen MR) is 120 cm³/mol. The molecule has 1 amide bonds. The van der Waals surface area contributed by atoms with Gasteiger partial charge in [-0.15, -0.1) is 12.4 Å². The van der Waals surface area contributed by atoms with E-state index in [1.54, 1.807) is 0 Å². The quantitative estimate of drug-likeness (QED) is 0.565. The van der Waals surface area contributed by atoms with Crippen LogP contribution in [-0.2, 0) is 6.54 Å². The molecule has 0 bridgehead atoms. The fourth-order valence-corrected chi connectivity index (χ4v) is 3.65. The Balaban J connectivity index is 0.00000256. The number of amides is 1. The molecule has 0 aliphatic heterocycles. The van der Waals surface area contributed by atoms with Gasteiger partial charge in [-0.1, -0.05) is 49.3 Å². The van der Waals surface area contributed by atoms with Crippen molar-refractivity contribution in [1.82, 2.24) is 15.0 Å². The summed E-state index contributed by atoms with van der Waals surface area (Å²) in [6.07, 6.45) is 2.97. The van der Waals surface area contributed by atoms with Gasteiger partial charge >= 0.3 is 0 Å². The maximum Gasteiger partial charge on any atom is 0.259 e. The van der Waals surface area contributed by atoms with Crippen LogP contribution in [0.1, 0.15) is 72.3 Å². The number of nitrogens with zero attached hydrogens (tertiary/aromatic N) is 3. The van der Waals surface area contributed by atoms with E-state index in [0.717, 1.165) is 41.6 Å². The molecule has 4 rings (SSSR count). The summed E-state index contributed by atoms with van der Waals surface area (Å²) < 4.78 is 5.55. The van der Waals surface area contributed by atoms with Gasteiger partial charge < -0.3 is 15.2 Å². The number of benzene rings is 1. The van der Waals surface area contributed by atoms with E-state index in [4.69, 9.17) is 10.3 Å². The first-order chi connectivity index (χ1) is 14.1. The van der Waals surface area contributed by atoms with Gasteiger partial charge in [-0.3, -0.25) is 4.79 Å². The SMILES string of the molecule is CC(C)c1noc2nc(C3CC3)cc(C(=O)N(CCCN)Cc3ccccc3)c12.Cl. The van der Waals surface area contributed by atoms with Crippen LogP contribution in [0.15, 0.2) is 40.9 Å². The van der Waals surface area contributed by atoms with Crippen LogP contribution in [0.4, 0.5) is 0 Å². The minimum absolute atomic E-state index is 0. The Morgan fingerprint density at radius 3 is 2.63 bits per heavy atom. The van der Waals surface area contributed by atoms with Crippen LogP contribution in [0, 0.1) is 0 Å². The monoisotopic (exact) mass is 428 g/mol. The lowest BCUT2D eigenvalue weighted by molar-refractivity contribution is 0.0744. The summed E-state index contributed by atoms with van der Waals surface area (Å²) >= 11 is 0. The standard InChI is InChI=1S/C23H28N4O2.ClH/c1-15(2)21-20-18(13-19(17-9-10-17)25-22(20)29-26-21)23(28)27(12-6-11-24)14-16-7-4-3-5-8-16;/h3-5,7-8,13,15,17H,6,9-12,14,24H2,1-2H3;1H. The maximum absolute atomic E-state index is 13.7. The fraction of sp³-hybridized carbons (Fsp3) is 0.435. The summed E-state index contributed by atoms with van der Waals surface area (Å²) in [5.74, 6) is 0.551. The summed E-state index contributed by atoms with van der Waals surface area (Å²) in [6, 6.07) is 12.0. The zero-order chi connectivity index (χ0) is 20.4. The van der Waals surface area contributed by atoms with E-state index in [2.05, 4.69) is 24.0 Å². The molecule has 1 aliphatic carbocycles. The summed E-state index contributed by atoms with van der Waals surface area (Å²) in [7, 11) is 0. The highest BCUT2D eigenvalue weighted by Gasteiger charge is 2.30. The van der Waals surface area contributed by atoms with Crippen LogP contribution in [0.5, 0.6) is 0 Å². The van der Waals surface area contributed by atoms with Crippen LogP contribution >= 0.6 is 12.4 Å². The number of hydrogen-bond donors (Lipinski definition) is 1. The summed E-state index contributed by atoms with van der Waals surface area (Å²) in [6.45, 7) is 5.80. The Morgan fingerprint density at radius 2 is 2.00 bits per heavy atom. The predicted octanol–water partition coefficient (Wildman–Crippen LogP) is 4.64. The third kappa shape index (κ3) is 4.65. The molecule has 0 spiro atoms. The van der Waals surface area contributed by atoms with Crippen molar-refractivity contribution in [2.75, 3.05) is 13.1 Å². The first-order valence-electron chi connectivity index (χ1n) is 10.4. The van der Waals surface area contributed by atoms with Crippen LogP contribution < -0.4 is 5.73 Å². The van der Waals surface area contributed by atoms with Gasteiger partial charge in [-0.05, 0) is 43.4 Å². The van der Waals surface area contributed by atoms with Crippen molar-refractivity contribution in [2.45, 2.75) is 51.5 Å². The molecule has 7 heteroatoms. The molecule has 1 aromatic carbocycles. The third-order valence-electron chi connectivity index (χ3n) is 5.40. The van der Waals surface area contributed by atoms with Gasteiger partial charge in [0.1, 0.15) is 0 Å². The van der Waals surface area contributed by atoms with Gasteiger partial charge in [-0.25, -0.2) is 4.98 Å². The molecule has 0 unspecified atom stereocenters. The number of aromatic nitrogens is 2. The van der Waals surface area contributed by atoms with Gasteiger partial charge in [0.05, 0.1) is 16.6 Å². The van der Waals surface area contributed by atoms with Crippen molar-refractivity contribution in [1.29, 1.82) is 0 Å². The molecule has 1 aliphatic rings. The van der Waals surface area contributed by atoms with E-state index in [1.165, 1.54) is 0 Å². The van der Waals surface area contributed by atoms with Crippen molar-refractivity contribution < 1.29 is 9.32 Å². The first kappa shape index (κ1) is 22.2. The highest BCUT2D eigenvalue weighted by Crippen LogP contribution is 2.41. The Kier molecular flexibility index (Phi) is 7.10. The second-order valence-electron chi connectivity index (χ2n) is 8.13. The van der Waals surface area contributed by atoms with E-state index in [9.17, 15) is 4.79 Å². The highest BCUT2D eigenvalue weighted by atomic mass is 35.5. The largest absolute Gasteiger partial charge is 0.335 e. The molecule has 0 atom stereocenters. The molecular formula is C23H29ClN4O2. The molecule has 1 saturated carbocycles. The van der Waals surface area contributed by atoms with Gasteiger partial charge in [0.15, 0.2) is 0 Å². The van der Waals surface area contributed by atoms with Crippen molar-refractivity contribution >= 4 is 29.4 Å². The molecule has 2 heterocycles. The number of nitrogens with two attached hydrogens (primary N) is 1. The summed E-state index contributed by atoms with van der Waals surface area (Å²) in [5.41, 5.74) is 9.69. The second kappa shape index (κ2) is 9.58. The molecule has 0 saturated heterocycles. The van der Waals surface area contributed by atoms with E-state index in [1.807, 2.05) is 41.3 Å². The lowest BCUT2D eigenvalue weighted by atomic mass is 10.0. The highest BCUT2D eigenvalue weighted by molar-refractivity contribution is 6.06. The van der Waals surface area contributed by atoms with Crippen molar-refractivity contribution in [2.24, 2.45) is 5.73 Å². The number of halogens is 1. The number of pyridine rings is 1. The number of rotatable bonds is 8. The molecule has 6 nitrogen and oxygen atoms in total. The molecule has 1 fully saturated rings. The van der Waals surface area contributed by atoms with E-state index >= 15 is 0 Å². The average Bonchev–Trinajstić information content (AvgIpc) is 3.49. The molecule has 160 valence electrons. The van der Waals surface area contributed by atoms with Crippen molar-refractivity contribution in [3.05, 3.63) is 58.9 Å². The van der Waals surface area contributed by atoms with E-state index in [-0.39, 0.29) is 24.2 Å². The van der Waals surface area contributed by atoms with Crippen molar-refractivity contribution in [3.8, 4) is 0 Å². The zero-order valence-electron chi connectivity index (χ0n) is 17.5. The lowest BCUT2D eigenvalue weighted by Gasteiger charge is -2.23. The van der Waals surface area contributed by atoms with Gasteiger partial charge in [-0.2, -0.15) is 0 Å². The molecule has 3 aromatic rings. The smallest absolute Gasteiger partial charge is 0.259 e. The first-order valence-corrected chi connectivity index (χ1v) is 10.4. The van der Waals surface area contributed by atoms with Crippen LogP contribution in [0.3, 0.4) is 0 Å². The fourth-order valence-electron chi connectivity index (χ4n) is 3.65. The van der Waals surface area contributed by atoms with Crippen molar-refractivity contribution in [3.63, 3.8) is 0 Å². The minimum Gasteiger partial charge on any atom is -0.335 e. The minimum atomic E-state index is -0.0123. The Bertz CT molecular complexity index is 999. The van der Waals surface area contributed by atoms with Gasteiger partial charge in [0.2, 0.25) is 0 Å². The molecule has 30 heavy (non-hydrogen) atoms. The summed E-state index contributed by atoms with van der Waals surface area (Å²) in [4.78, 5) is 20.3. The molecular weight excluding hydrogens is 400 g/mol. The maximum atomic E-state index is 13.7. The van der Waals surface area contributed by atoms with Gasteiger partial charge in [0, 0.05) is 24.7 Å². The molecule has 0 radical (unpaired) electrons. The number of carbonyl (C=O) groups excluding carboxylic acids is 1. The second-order valence-corrected chi connectivity index (χ2v) is 8.13. The summed E-state index contributed by atoms with van der Waals surface area (Å²) in [5, 5.41) is 4.99. The average molecular weight is 429 g/mol. The zero-order valence-corrected chi connectivity index (χ0v) is 18.3. The normalized spacial score (nSPS) is 13.5. The number of carbonyl (C=O) groups is 1. The lowest BCUT2D eigenvalue weighted by Crippen LogP contribution is -2.33. The van der Waals surface area contributed by atoms with E-state index in [0.29, 0.717) is 36.8 Å². The molecule has 2 aromatic heterocycles. The molecule has 2 N–H and O–H groups in total. The van der Waals surface area contributed by atoms with Crippen LogP contribution in [-0.4, -0.2) is 34.0 Å².